The van der Waals surface area contributed by atoms with Crippen LogP contribution in [-0.2, 0) is 14.4 Å². The van der Waals surface area contributed by atoms with Gasteiger partial charge in [-0.05, 0) is 43.9 Å². The number of piperidine rings is 1. The molecule has 2 atom stereocenters. The SMILES string of the molecule is CC(=O)N1c2ccc(-c3cnn(C4CCNC(=O)C4)c3)cc2N(C(=O)C2CC2)C[C@@H]1C. The van der Waals surface area contributed by atoms with Crippen molar-refractivity contribution in [3.63, 3.8) is 0 Å². The molecule has 1 aromatic carbocycles. The molecule has 3 heterocycles. The summed E-state index contributed by atoms with van der Waals surface area (Å²) < 4.78 is 1.87. The van der Waals surface area contributed by atoms with Crippen molar-refractivity contribution in [2.75, 3.05) is 22.9 Å². The van der Waals surface area contributed by atoms with Crippen molar-refractivity contribution in [2.45, 2.75) is 51.6 Å². The van der Waals surface area contributed by atoms with Crippen LogP contribution in [0.1, 0.15) is 45.6 Å². The predicted octanol–water partition coefficient (Wildman–Crippen LogP) is 2.50. The van der Waals surface area contributed by atoms with E-state index in [1.807, 2.05) is 40.9 Å². The highest BCUT2D eigenvalue weighted by molar-refractivity contribution is 6.06. The molecule has 1 unspecified atom stereocenters. The fourth-order valence-electron chi connectivity index (χ4n) is 4.72. The summed E-state index contributed by atoms with van der Waals surface area (Å²) in [5.74, 6) is 0.281. The van der Waals surface area contributed by atoms with Crippen molar-refractivity contribution in [1.82, 2.24) is 15.1 Å². The van der Waals surface area contributed by atoms with Gasteiger partial charge in [-0.1, -0.05) is 6.07 Å². The van der Waals surface area contributed by atoms with Gasteiger partial charge in [-0.25, -0.2) is 0 Å². The quantitative estimate of drug-likeness (QED) is 0.825. The van der Waals surface area contributed by atoms with Crippen molar-refractivity contribution in [3.05, 3.63) is 30.6 Å². The number of nitrogens with one attached hydrogen (secondary N) is 1. The molecule has 5 rings (SSSR count). The maximum Gasteiger partial charge on any atom is 0.230 e. The molecule has 8 nitrogen and oxygen atoms in total. The average Bonchev–Trinajstić information content (AvgIpc) is 3.48. The van der Waals surface area contributed by atoms with Crippen LogP contribution in [0.2, 0.25) is 0 Å². The van der Waals surface area contributed by atoms with Gasteiger partial charge in [0, 0.05) is 44.1 Å². The van der Waals surface area contributed by atoms with E-state index in [2.05, 4.69) is 10.4 Å². The number of rotatable bonds is 3. The molecule has 1 N–H and O–H groups in total. The van der Waals surface area contributed by atoms with Crippen LogP contribution in [0.5, 0.6) is 0 Å². The molecule has 0 radical (unpaired) electrons. The maximum atomic E-state index is 13.0. The van der Waals surface area contributed by atoms with E-state index in [9.17, 15) is 14.4 Å². The van der Waals surface area contributed by atoms with E-state index in [-0.39, 0.29) is 35.7 Å². The van der Waals surface area contributed by atoms with Crippen LogP contribution in [0.25, 0.3) is 11.1 Å². The molecular formula is C23H27N5O3. The normalized spacial score (nSPS) is 23.4. The number of amides is 3. The molecule has 0 bridgehead atoms. The number of aromatic nitrogens is 2. The minimum Gasteiger partial charge on any atom is -0.356 e. The number of benzene rings is 1. The lowest BCUT2D eigenvalue weighted by Crippen LogP contribution is -2.51. The molecule has 1 saturated heterocycles. The Hall–Kier alpha value is -3.16. The standard InChI is InChI=1S/C23H27N5O3/c1-14-12-26(23(31)16-3-4-16)21-9-17(5-6-20(21)28(14)15(2)29)18-11-25-27(13-18)19-7-8-24-22(30)10-19/h5-6,9,11,13-14,16,19H,3-4,7-8,10,12H2,1-2H3,(H,24,30)/t14-,19?/m0/s1. The number of carbonyl (C=O) groups is 3. The minimum atomic E-state index is -0.0706. The first kappa shape index (κ1) is 19.8. The zero-order valence-corrected chi connectivity index (χ0v) is 17.9. The smallest absolute Gasteiger partial charge is 0.230 e. The van der Waals surface area contributed by atoms with Gasteiger partial charge in [0.2, 0.25) is 17.7 Å². The summed E-state index contributed by atoms with van der Waals surface area (Å²) in [4.78, 5) is 40.7. The summed E-state index contributed by atoms with van der Waals surface area (Å²) in [5.41, 5.74) is 3.44. The molecule has 3 amide bonds. The summed E-state index contributed by atoms with van der Waals surface area (Å²) in [5, 5.41) is 7.35. The van der Waals surface area contributed by atoms with Gasteiger partial charge >= 0.3 is 0 Å². The topological polar surface area (TPSA) is 87.5 Å². The zero-order valence-electron chi connectivity index (χ0n) is 17.9. The van der Waals surface area contributed by atoms with Gasteiger partial charge in [0.15, 0.2) is 0 Å². The Kier molecular flexibility index (Phi) is 4.79. The molecule has 0 spiro atoms. The Bertz CT molecular complexity index is 1060. The lowest BCUT2D eigenvalue weighted by molar-refractivity contribution is -0.123. The van der Waals surface area contributed by atoms with Crippen molar-refractivity contribution in [2.24, 2.45) is 5.92 Å². The van der Waals surface area contributed by atoms with E-state index in [0.717, 1.165) is 41.8 Å². The van der Waals surface area contributed by atoms with Gasteiger partial charge in [0.1, 0.15) is 0 Å². The fraction of sp³-hybridized carbons (Fsp3) is 0.478. The molecule has 2 aliphatic heterocycles. The first-order chi connectivity index (χ1) is 14.9. The third-order valence-corrected chi connectivity index (χ3v) is 6.47. The molecule has 162 valence electrons. The van der Waals surface area contributed by atoms with Gasteiger partial charge in [0.25, 0.3) is 0 Å². The van der Waals surface area contributed by atoms with Crippen LogP contribution in [0.3, 0.4) is 0 Å². The third kappa shape index (κ3) is 3.60. The van der Waals surface area contributed by atoms with Crippen LogP contribution in [0, 0.1) is 5.92 Å². The predicted molar refractivity (Wildman–Crippen MR) is 117 cm³/mol. The van der Waals surface area contributed by atoms with Crippen molar-refractivity contribution < 1.29 is 14.4 Å². The number of nitrogens with zero attached hydrogens (tertiary/aromatic N) is 4. The van der Waals surface area contributed by atoms with Gasteiger partial charge in [-0.15, -0.1) is 0 Å². The lowest BCUT2D eigenvalue weighted by atomic mass is 10.0. The molecule has 1 aromatic heterocycles. The minimum absolute atomic E-state index is 0.0246. The second kappa shape index (κ2) is 7.51. The van der Waals surface area contributed by atoms with E-state index < -0.39 is 0 Å². The highest BCUT2D eigenvalue weighted by atomic mass is 16.2. The Morgan fingerprint density at radius 1 is 1.13 bits per heavy atom. The number of hydrogen-bond donors (Lipinski definition) is 1. The van der Waals surface area contributed by atoms with E-state index in [0.29, 0.717) is 19.5 Å². The maximum absolute atomic E-state index is 13.0. The highest BCUT2D eigenvalue weighted by Crippen LogP contribution is 2.42. The van der Waals surface area contributed by atoms with Crippen molar-refractivity contribution in [3.8, 4) is 11.1 Å². The van der Waals surface area contributed by atoms with E-state index in [4.69, 9.17) is 0 Å². The van der Waals surface area contributed by atoms with E-state index >= 15 is 0 Å². The van der Waals surface area contributed by atoms with Gasteiger partial charge in [-0.3, -0.25) is 19.1 Å². The molecule has 2 aromatic rings. The molecule has 1 aliphatic carbocycles. The molecule has 1 saturated carbocycles. The highest BCUT2D eigenvalue weighted by Gasteiger charge is 2.39. The summed E-state index contributed by atoms with van der Waals surface area (Å²) in [6, 6.07) is 5.88. The molecule has 31 heavy (non-hydrogen) atoms. The van der Waals surface area contributed by atoms with Gasteiger partial charge in [0.05, 0.1) is 29.7 Å². The van der Waals surface area contributed by atoms with Gasteiger partial charge in [-0.2, -0.15) is 5.10 Å². The number of hydrogen-bond acceptors (Lipinski definition) is 4. The van der Waals surface area contributed by atoms with Crippen LogP contribution in [-0.4, -0.2) is 46.6 Å². The van der Waals surface area contributed by atoms with Crippen LogP contribution in [0.15, 0.2) is 30.6 Å². The molecular weight excluding hydrogens is 394 g/mol. The van der Waals surface area contributed by atoms with Crippen LogP contribution >= 0.6 is 0 Å². The first-order valence-corrected chi connectivity index (χ1v) is 11.0. The average molecular weight is 422 g/mol. The molecule has 8 heteroatoms. The second-order valence-electron chi connectivity index (χ2n) is 8.87. The Morgan fingerprint density at radius 3 is 2.65 bits per heavy atom. The number of anilines is 2. The largest absolute Gasteiger partial charge is 0.356 e. The third-order valence-electron chi connectivity index (χ3n) is 6.47. The van der Waals surface area contributed by atoms with Crippen molar-refractivity contribution >= 4 is 29.1 Å². The van der Waals surface area contributed by atoms with Crippen LogP contribution < -0.4 is 15.1 Å². The Labute approximate surface area is 181 Å². The van der Waals surface area contributed by atoms with Crippen LogP contribution in [0.4, 0.5) is 11.4 Å². The van der Waals surface area contributed by atoms with E-state index in [1.54, 1.807) is 18.0 Å². The number of fused-ring (bicyclic) bond motifs is 1. The second-order valence-corrected chi connectivity index (χ2v) is 8.87. The first-order valence-electron chi connectivity index (χ1n) is 11.0. The molecule has 2 fully saturated rings. The Morgan fingerprint density at radius 2 is 1.94 bits per heavy atom. The van der Waals surface area contributed by atoms with Gasteiger partial charge < -0.3 is 15.1 Å². The summed E-state index contributed by atoms with van der Waals surface area (Å²) in [7, 11) is 0. The lowest BCUT2D eigenvalue weighted by Gasteiger charge is -2.41. The molecule has 3 aliphatic rings. The summed E-state index contributed by atoms with van der Waals surface area (Å²) >= 11 is 0. The van der Waals surface area contributed by atoms with Crippen molar-refractivity contribution in [1.29, 1.82) is 0 Å². The fourth-order valence-corrected chi connectivity index (χ4v) is 4.72. The number of carbonyl (C=O) groups excluding carboxylic acids is 3. The Balaban J connectivity index is 1.50. The summed E-state index contributed by atoms with van der Waals surface area (Å²) in [6.07, 6.45) is 6.93. The monoisotopic (exact) mass is 421 g/mol. The summed E-state index contributed by atoms with van der Waals surface area (Å²) in [6.45, 7) is 4.71. The van der Waals surface area contributed by atoms with E-state index in [1.165, 1.54) is 0 Å². The zero-order chi connectivity index (χ0) is 21.7.